The molecule has 4 heteroatoms. The van der Waals surface area contributed by atoms with Crippen molar-refractivity contribution in [3.05, 3.63) is 68.9 Å². The number of nitrogens with one attached hydrogen (secondary N) is 1. The molecule has 0 aliphatic carbocycles. The number of hydrogen-bond donors (Lipinski definition) is 1. The van der Waals surface area contributed by atoms with Crippen LogP contribution in [0.3, 0.4) is 0 Å². The molecule has 0 saturated carbocycles. The SMILES string of the molecule is CCCNC(Cc1ccc(Cl)cc1)c1ccc(Br)cc1F. The molecule has 0 aromatic heterocycles. The summed E-state index contributed by atoms with van der Waals surface area (Å²) in [6.45, 7) is 2.96. The van der Waals surface area contributed by atoms with Gasteiger partial charge in [0, 0.05) is 21.1 Å². The monoisotopic (exact) mass is 369 g/mol. The van der Waals surface area contributed by atoms with E-state index in [9.17, 15) is 4.39 Å². The zero-order valence-electron chi connectivity index (χ0n) is 11.9. The van der Waals surface area contributed by atoms with Crippen molar-refractivity contribution >= 4 is 27.5 Å². The molecule has 0 bridgehead atoms. The summed E-state index contributed by atoms with van der Waals surface area (Å²) in [4.78, 5) is 0. The molecule has 0 aliphatic rings. The molecule has 0 radical (unpaired) electrons. The third-order valence-corrected chi connectivity index (χ3v) is 4.08. The maximum absolute atomic E-state index is 14.2. The molecular formula is C17H18BrClFN. The Balaban J connectivity index is 2.22. The van der Waals surface area contributed by atoms with Crippen molar-refractivity contribution < 1.29 is 4.39 Å². The van der Waals surface area contributed by atoms with Crippen LogP contribution in [0, 0.1) is 5.82 Å². The molecule has 0 heterocycles. The fourth-order valence-corrected chi connectivity index (χ4v) is 2.71. The van der Waals surface area contributed by atoms with Gasteiger partial charge in [-0.1, -0.05) is 52.7 Å². The molecule has 0 fully saturated rings. The first-order valence-electron chi connectivity index (χ1n) is 7.03. The highest BCUT2D eigenvalue weighted by Gasteiger charge is 2.16. The van der Waals surface area contributed by atoms with Crippen LogP contribution in [-0.4, -0.2) is 6.54 Å². The Hall–Kier alpha value is -0.900. The summed E-state index contributed by atoms with van der Waals surface area (Å²) in [5.41, 5.74) is 1.83. The minimum atomic E-state index is -0.188. The molecular weight excluding hydrogens is 353 g/mol. The number of rotatable bonds is 6. The van der Waals surface area contributed by atoms with Gasteiger partial charge in [0.1, 0.15) is 5.82 Å². The second-order valence-corrected chi connectivity index (χ2v) is 6.36. The zero-order chi connectivity index (χ0) is 15.2. The molecule has 0 amide bonds. The van der Waals surface area contributed by atoms with E-state index in [-0.39, 0.29) is 11.9 Å². The fraction of sp³-hybridized carbons (Fsp3) is 0.294. The predicted molar refractivity (Wildman–Crippen MR) is 90.3 cm³/mol. The van der Waals surface area contributed by atoms with Gasteiger partial charge in [-0.15, -0.1) is 0 Å². The molecule has 1 nitrogen and oxygen atoms in total. The minimum Gasteiger partial charge on any atom is -0.310 e. The van der Waals surface area contributed by atoms with Crippen molar-refractivity contribution in [1.82, 2.24) is 5.32 Å². The van der Waals surface area contributed by atoms with Gasteiger partial charge < -0.3 is 5.32 Å². The van der Waals surface area contributed by atoms with Crippen LogP contribution in [0.15, 0.2) is 46.9 Å². The summed E-state index contributed by atoms with van der Waals surface area (Å²) in [7, 11) is 0. The molecule has 1 unspecified atom stereocenters. The number of hydrogen-bond acceptors (Lipinski definition) is 1. The van der Waals surface area contributed by atoms with Crippen LogP contribution >= 0.6 is 27.5 Å². The van der Waals surface area contributed by atoms with Gasteiger partial charge in [0.2, 0.25) is 0 Å². The minimum absolute atomic E-state index is 0.0424. The molecule has 1 atom stereocenters. The average Bonchev–Trinajstić information content (AvgIpc) is 2.46. The molecule has 2 aromatic carbocycles. The lowest BCUT2D eigenvalue weighted by Crippen LogP contribution is -2.25. The quantitative estimate of drug-likeness (QED) is 0.705. The van der Waals surface area contributed by atoms with Gasteiger partial charge in [-0.05, 0) is 49.2 Å². The highest BCUT2D eigenvalue weighted by atomic mass is 79.9. The molecule has 0 saturated heterocycles. The van der Waals surface area contributed by atoms with E-state index in [4.69, 9.17) is 11.6 Å². The summed E-state index contributed by atoms with van der Waals surface area (Å²) in [6, 6.07) is 12.9. The molecule has 0 aliphatic heterocycles. The van der Waals surface area contributed by atoms with E-state index in [2.05, 4.69) is 28.2 Å². The zero-order valence-corrected chi connectivity index (χ0v) is 14.2. The van der Waals surface area contributed by atoms with E-state index in [1.807, 2.05) is 36.4 Å². The maximum atomic E-state index is 14.2. The molecule has 2 aromatic rings. The summed E-state index contributed by atoms with van der Waals surface area (Å²) in [5.74, 6) is -0.188. The van der Waals surface area contributed by atoms with E-state index in [1.165, 1.54) is 6.07 Å². The van der Waals surface area contributed by atoms with Gasteiger partial charge >= 0.3 is 0 Å². The lowest BCUT2D eigenvalue weighted by molar-refractivity contribution is 0.497. The Morgan fingerprint density at radius 1 is 1.19 bits per heavy atom. The van der Waals surface area contributed by atoms with E-state index >= 15 is 0 Å². The lowest BCUT2D eigenvalue weighted by atomic mass is 9.98. The average molecular weight is 371 g/mol. The maximum Gasteiger partial charge on any atom is 0.129 e. The molecule has 112 valence electrons. The Bertz CT molecular complexity index is 586. The van der Waals surface area contributed by atoms with Crippen molar-refractivity contribution in [2.24, 2.45) is 0 Å². The Labute approximate surface area is 138 Å². The lowest BCUT2D eigenvalue weighted by Gasteiger charge is -2.20. The second-order valence-electron chi connectivity index (χ2n) is 5.00. The normalized spacial score (nSPS) is 12.4. The highest BCUT2D eigenvalue weighted by molar-refractivity contribution is 9.10. The molecule has 1 N–H and O–H groups in total. The molecule has 21 heavy (non-hydrogen) atoms. The largest absolute Gasteiger partial charge is 0.310 e. The summed E-state index contributed by atoms with van der Waals surface area (Å²) in [5, 5.41) is 4.14. The van der Waals surface area contributed by atoms with Crippen molar-refractivity contribution in [2.45, 2.75) is 25.8 Å². The molecule has 0 spiro atoms. The van der Waals surface area contributed by atoms with Crippen LogP contribution in [0.4, 0.5) is 4.39 Å². The third kappa shape index (κ3) is 4.80. The smallest absolute Gasteiger partial charge is 0.129 e. The fourth-order valence-electron chi connectivity index (χ4n) is 2.25. The highest BCUT2D eigenvalue weighted by Crippen LogP contribution is 2.24. The third-order valence-electron chi connectivity index (χ3n) is 3.33. The summed E-state index contributed by atoms with van der Waals surface area (Å²) in [6.07, 6.45) is 1.74. The van der Waals surface area contributed by atoms with Gasteiger partial charge in [-0.3, -0.25) is 0 Å². The van der Waals surface area contributed by atoms with Gasteiger partial charge in [0.25, 0.3) is 0 Å². The van der Waals surface area contributed by atoms with Crippen molar-refractivity contribution in [1.29, 1.82) is 0 Å². The van der Waals surface area contributed by atoms with Gasteiger partial charge in [0.05, 0.1) is 0 Å². The first kappa shape index (κ1) is 16.5. The summed E-state index contributed by atoms with van der Waals surface area (Å²) >= 11 is 9.21. The topological polar surface area (TPSA) is 12.0 Å². The first-order chi connectivity index (χ1) is 10.1. The molecule has 2 rings (SSSR count). The van der Waals surface area contributed by atoms with Crippen LogP contribution in [0.1, 0.15) is 30.5 Å². The Morgan fingerprint density at radius 2 is 1.90 bits per heavy atom. The van der Waals surface area contributed by atoms with E-state index in [0.717, 1.165) is 29.4 Å². The number of benzene rings is 2. The van der Waals surface area contributed by atoms with Crippen LogP contribution < -0.4 is 5.32 Å². The van der Waals surface area contributed by atoms with Gasteiger partial charge in [-0.2, -0.15) is 0 Å². The second kappa shape index (κ2) is 7.92. The van der Waals surface area contributed by atoms with Crippen molar-refractivity contribution in [3.8, 4) is 0 Å². The van der Waals surface area contributed by atoms with Crippen LogP contribution in [0.2, 0.25) is 5.02 Å². The predicted octanol–water partition coefficient (Wildman–Crippen LogP) is 5.53. The van der Waals surface area contributed by atoms with Crippen LogP contribution in [-0.2, 0) is 6.42 Å². The first-order valence-corrected chi connectivity index (χ1v) is 8.20. The van der Waals surface area contributed by atoms with Gasteiger partial charge in [0.15, 0.2) is 0 Å². The Morgan fingerprint density at radius 3 is 2.52 bits per heavy atom. The van der Waals surface area contributed by atoms with E-state index < -0.39 is 0 Å². The number of halogens is 3. The van der Waals surface area contributed by atoms with Crippen molar-refractivity contribution in [3.63, 3.8) is 0 Å². The Kier molecular flexibility index (Phi) is 6.22. The van der Waals surface area contributed by atoms with Gasteiger partial charge in [-0.25, -0.2) is 4.39 Å². The standard InChI is InChI=1S/C17H18BrClFN/c1-2-9-21-17(10-12-3-6-14(19)7-4-12)15-8-5-13(18)11-16(15)20/h3-8,11,17,21H,2,9-10H2,1H3. The van der Waals surface area contributed by atoms with E-state index in [0.29, 0.717) is 10.6 Å². The van der Waals surface area contributed by atoms with Crippen LogP contribution in [0.25, 0.3) is 0 Å². The van der Waals surface area contributed by atoms with E-state index in [1.54, 1.807) is 0 Å². The van der Waals surface area contributed by atoms with Crippen LogP contribution in [0.5, 0.6) is 0 Å². The summed E-state index contributed by atoms with van der Waals surface area (Å²) < 4.78 is 15.0. The van der Waals surface area contributed by atoms with Crippen molar-refractivity contribution in [2.75, 3.05) is 6.54 Å².